The number of benzene rings is 1. The highest BCUT2D eigenvalue weighted by Crippen LogP contribution is 2.28. The van der Waals surface area contributed by atoms with Gasteiger partial charge in [0.2, 0.25) is 0 Å². The van der Waals surface area contributed by atoms with Crippen molar-refractivity contribution in [3.8, 4) is 0 Å². The van der Waals surface area contributed by atoms with Crippen molar-refractivity contribution >= 4 is 33.3 Å². The lowest BCUT2D eigenvalue weighted by molar-refractivity contribution is 0.265. The topological polar surface area (TPSA) is 27.3 Å². The lowest BCUT2D eigenvalue weighted by Crippen LogP contribution is -2.45. The van der Waals surface area contributed by atoms with E-state index < -0.39 is 0 Å². The van der Waals surface area contributed by atoms with E-state index >= 15 is 0 Å². The van der Waals surface area contributed by atoms with E-state index in [0.717, 1.165) is 10.0 Å². The molecule has 0 aliphatic carbocycles. The molecule has 15 heavy (non-hydrogen) atoms. The van der Waals surface area contributed by atoms with Crippen molar-refractivity contribution in [3.63, 3.8) is 0 Å². The zero-order chi connectivity index (χ0) is 11.1. The Morgan fingerprint density at radius 1 is 1.40 bits per heavy atom. The summed E-state index contributed by atoms with van der Waals surface area (Å²) < 4.78 is 1.06. The van der Waals surface area contributed by atoms with Crippen molar-refractivity contribution in [1.82, 2.24) is 15.8 Å². The van der Waals surface area contributed by atoms with Gasteiger partial charge in [-0.15, -0.1) is 0 Å². The summed E-state index contributed by atoms with van der Waals surface area (Å²) in [4.78, 5) is 0. The number of rotatable bonds is 1. The molecule has 1 heterocycles. The van der Waals surface area contributed by atoms with Crippen LogP contribution in [0.4, 0.5) is 0 Å². The monoisotopic (exact) mass is 285 g/mol. The summed E-state index contributed by atoms with van der Waals surface area (Å²) in [7, 11) is 1.90. The number of hydrazine groups is 1. The maximum Gasteiger partial charge on any atom is 0.185 e. The van der Waals surface area contributed by atoms with Crippen LogP contribution in [-0.4, -0.2) is 17.2 Å². The van der Waals surface area contributed by atoms with E-state index in [-0.39, 0.29) is 5.66 Å². The molecule has 3 nitrogen and oxygen atoms in total. The molecule has 2 rings (SSSR count). The summed E-state index contributed by atoms with van der Waals surface area (Å²) in [6.07, 6.45) is 0. The van der Waals surface area contributed by atoms with Crippen molar-refractivity contribution in [3.05, 3.63) is 34.3 Å². The van der Waals surface area contributed by atoms with E-state index in [0.29, 0.717) is 5.11 Å². The Labute approximate surface area is 103 Å². The predicted octanol–water partition coefficient (Wildman–Crippen LogP) is 1.95. The Balaban J connectivity index is 2.40. The first-order valence-electron chi connectivity index (χ1n) is 4.61. The number of thiocarbonyl (C=S) groups is 1. The molecule has 0 amide bonds. The molecule has 1 aromatic carbocycles. The zero-order valence-electron chi connectivity index (χ0n) is 8.54. The van der Waals surface area contributed by atoms with Crippen LogP contribution < -0.4 is 10.7 Å². The van der Waals surface area contributed by atoms with Crippen LogP contribution in [0.3, 0.4) is 0 Å². The van der Waals surface area contributed by atoms with Crippen molar-refractivity contribution in [2.75, 3.05) is 7.05 Å². The highest BCUT2D eigenvalue weighted by atomic mass is 79.9. The van der Waals surface area contributed by atoms with E-state index in [4.69, 9.17) is 12.2 Å². The maximum atomic E-state index is 5.17. The van der Waals surface area contributed by atoms with Gasteiger partial charge in [-0.25, -0.2) is 5.43 Å². The first kappa shape index (κ1) is 10.9. The fourth-order valence-corrected chi connectivity index (χ4v) is 2.64. The lowest BCUT2D eigenvalue weighted by Gasteiger charge is -2.26. The second-order valence-electron chi connectivity index (χ2n) is 3.71. The Morgan fingerprint density at radius 2 is 2.07 bits per heavy atom. The number of nitrogens with one attached hydrogen (secondary N) is 2. The van der Waals surface area contributed by atoms with Gasteiger partial charge in [-0.1, -0.05) is 34.1 Å². The van der Waals surface area contributed by atoms with Gasteiger partial charge in [0.25, 0.3) is 0 Å². The van der Waals surface area contributed by atoms with Gasteiger partial charge in [-0.2, -0.15) is 0 Å². The summed E-state index contributed by atoms with van der Waals surface area (Å²) in [6, 6.07) is 8.08. The van der Waals surface area contributed by atoms with E-state index in [1.807, 2.05) is 30.3 Å². The Kier molecular flexibility index (Phi) is 2.70. The molecule has 5 heteroatoms. The summed E-state index contributed by atoms with van der Waals surface area (Å²) in [5.74, 6) is 0. The van der Waals surface area contributed by atoms with Crippen LogP contribution in [0.25, 0.3) is 0 Å². The van der Waals surface area contributed by atoms with Crippen LogP contribution in [0.2, 0.25) is 0 Å². The first-order valence-corrected chi connectivity index (χ1v) is 5.82. The molecule has 1 aliphatic heterocycles. The molecule has 1 atom stereocenters. The molecule has 1 aliphatic rings. The number of nitrogens with zero attached hydrogens (tertiary/aromatic N) is 1. The van der Waals surface area contributed by atoms with Crippen LogP contribution in [0.1, 0.15) is 12.5 Å². The molecule has 1 unspecified atom stereocenters. The quantitative estimate of drug-likeness (QED) is 0.772. The standard InChI is InChI=1S/C10H12BrN3S/c1-10(12-9(15)14(2)13-10)7-5-3-4-6-8(7)11/h3-6,13H,1-2H3,(H,12,15). The predicted molar refractivity (Wildman–Crippen MR) is 68.1 cm³/mol. The molecular weight excluding hydrogens is 274 g/mol. The molecule has 0 bridgehead atoms. The van der Waals surface area contributed by atoms with Crippen molar-refractivity contribution in [2.24, 2.45) is 0 Å². The molecule has 1 fully saturated rings. The Hall–Kier alpha value is -0.650. The highest BCUT2D eigenvalue weighted by molar-refractivity contribution is 9.10. The third-order valence-electron chi connectivity index (χ3n) is 2.47. The average Bonchev–Trinajstić information content (AvgIpc) is 2.42. The molecule has 2 N–H and O–H groups in total. The second kappa shape index (κ2) is 3.73. The van der Waals surface area contributed by atoms with Gasteiger partial charge in [-0.05, 0) is 25.2 Å². The van der Waals surface area contributed by atoms with Crippen molar-refractivity contribution in [1.29, 1.82) is 0 Å². The first-order chi connectivity index (χ1) is 7.03. The number of hydrogen-bond donors (Lipinski definition) is 2. The van der Waals surface area contributed by atoms with Gasteiger partial charge in [0.1, 0.15) is 5.66 Å². The molecular formula is C10H12BrN3S. The fraction of sp³-hybridized carbons (Fsp3) is 0.300. The second-order valence-corrected chi connectivity index (χ2v) is 4.95. The Morgan fingerprint density at radius 3 is 2.60 bits per heavy atom. The smallest absolute Gasteiger partial charge is 0.185 e. The lowest BCUT2D eigenvalue weighted by atomic mass is 10.0. The summed E-state index contributed by atoms with van der Waals surface area (Å²) in [5.41, 5.74) is 4.08. The molecule has 0 radical (unpaired) electrons. The summed E-state index contributed by atoms with van der Waals surface area (Å²) in [6.45, 7) is 2.06. The Bertz CT molecular complexity index is 409. The largest absolute Gasteiger partial charge is 0.338 e. The van der Waals surface area contributed by atoms with Gasteiger partial charge < -0.3 is 5.32 Å². The summed E-state index contributed by atoms with van der Waals surface area (Å²) >= 11 is 8.71. The highest BCUT2D eigenvalue weighted by Gasteiger charge is 2.36. The van der Waals surface area contributed by atoms with E-state index in [1.165, 1.54) is 0 Å². The summed E-state index contributed by atoms with van der Waals surface area (Å²) in [5, 5.41) is 5.77. The number of hydrogen-bond acceptors (Lipinski definition) is 2. The normalized spacial score (nSPS) is 25.5. The molecule has 80 valence electrons. The minimum Gasteiger partial charge on any atom is -0.338 e. The van der Waals surface area contributed by atoms with E-state index in [2.05, 4.69) is 39.7 Å². The zero-order valence-corrected chi connectivity index (χ0v) is 10.9. The van der Waals surface area contributed by atoms with Crippen LogP contribution >= 0.6 is 28.1 Å². The van der Waals surface area contributed by atoms with Gasteiger partial charge in [0.15, 0.2) is 5.11 Å². The van der Waals surface area contributed by atoms with Gasteiger partial charge in [0.05, 0.1) is 0 Å². The van der Waals surface area contributed by atoms with Crippen molar-refractivity contribution in [2.45, 2.75) is 12.6 Å². The van der Waals surface area contributed by atoms with E-state index in [1.54, 1.807) is 0 Å². The van der Waals surface area contributed by atoms with Crippen molar-refractivity contribution < 1.29 is 0 Å². The molecule has 0 saturated carbocycles. The minimum absolute atomic E-state index is 0.341. The number of halogens is 1. The van der Waals surface area contributed by atoms with Crippen LogP contribution in [0.15, 0.2) is 28.7 Å². The van der Waals surface area contributed by atoms with Gasteiger partial charge in [0, 0.05) is 17.1 Å². The van der Waals surface area contributed by atoms with E-state index in [9.17, 15) is 0 Å². The third-order valence-corrected chi connectivity index (χ3v) is 3.53. The SMILES string of the molecule is CN1NC(C)(c2ccccc2Br)NC1=S. The van der Waals surface area contributed by atoms with Gasteiger partial charge >= 0.3 is 0 Å². The fourth-order valence-electron chi connectivity index (χ4n) is 1.71. The average molecular weight is 286 g/mol. The molecule has 0 spiro atoms. The minimum atomic E-state index is -0.341. The molecule has 0 aromatic heterocycles. The van der Waals surface area contributed by atoms with Crippen LogP contribution in [-0.2, 0) is 5.66 Å². The van der Waals surface area contributed by atoms with Crippen LogP contribution in [0, 0.1) is 0 Å². The maximum absolute atomic E-state index is 5.17. The molecule has 1 saturated heterocycles. The van der Waals surface area contributed by atoms with Crippen LogP contribution in [0.5, 0.6) is 0 Å². The molecule has 1 aromatic rings. The van der Waals surface area contributed by atoms with Gasteiger partial charge in [-0.3, -0.25) is 5.01 Å². The third kappa shape index (κ3) is 1.87.